The van der Waals surface area contributed by atoms with E-state index in [-0.39, 0.29) is 5.75 Å². The van der Waals surface area contributed by atoms with Crippen LogP contribution in [0.3, 0.4) is 0 Å². The highest BCUT2D eigenvalue weighted by Crippen LogP contribution is 2.31. The molecule has 0 saturated carbocycles. The fourth-order valence-corrected chi connectivity index (χ4v) is 3.30. The molecule has 0 aliphatic carbocycles. The molecule has 0 radical (unpaired) electrons. The number of hydrogen-bond donors (Lipinski definition) is 3. The van der Waals surface area contributed by atoms with E-state index < -0.39 is 35.8 Å². The van der Waals surface area contributed by atoms with Gasteiger partial charge >= 0.3 is 12.0 Å². The molecule has 0 bridgehead atoms. The predicted octanol–water partition coefficient (Wildman–Crippen LogP) is 2.10. The van der Waals surface area contributed by atoms with E-state index in [1.807, 2.05) is 17.6 Å². The highest BCUT2D eigenvalue weighted by atomic mass is 16.5. The van der Waals surface area contributed by atoms with Crippen LogP contribution < -0.4 is 20.1 Å². The first-order valence-electron chi connectivity index (χ1n) is 9.93. The van der Waals surface area contributed by atoms with Crippen LogP contribution >= 0.6 is 0 Å². The second-order valence-corrected chi connectivity index (χ2v) is 7.41. The van der Waals surface area contributed by atoms with Gasteiger partial charge in [0.25, 0.3) is 17.4 Å². The molecule has 1 aromatic heterocycles. The Kier molecular flexibility index (Phi) is 5.72. The lowest BCUT2D eigenvalue weighted by Crippen LogP contribution is -2.69. The van der Waals surface area contributed by atoms with Crippen molar-refractivity contribution >= 4 is 23.8 Å². The van der Waals surface area contributed by atoms with Crippen molar-refractivity contribution in [2.75, 3.05) is 0 Å². The molecule has 1 fully saturated rings. The van der Waals surface area contributed by atoms with Gasteiger partial charge in [-0.1, -0.05) is 0 Å². The molecule has 34 heavy (non-hydrogen) atoms. The van der Waals surface area contributed by atoms with E-state index in [9.17, 15) is 24.3 Å². The number of rotatable bonds is 7. The standard InChI is InChI=1S/C22H18N4O8/c1-11-9-15(7-8-16(11)18-26-25-12(2)32-18)33-13-3-5-14(6-4-13)34-22(10-17(27)28)19(29)23-21(31)24-20(22)30/h3-9H,10H2,1-2H3,(H,27,28)(H2,23,24,29,30,31). The lowest BCUT2D eigenvalue weighted by atomic mass is 9.95. The molecular weight excluding hydrogens is 448 g/mol. The number of nitrogens with zero attached hydrogens (tertiary/aromatic N) is 2. The molecule has 1 aliphatic rings. The number of carboxylic acids is 1. The minimum Gasteiger partial charge on any atom is -0.481 e. The van der Waals surface area contributed by atoms with Gasteiger partial charge in [0.1, 0.15) is 23.7 Å². The third-order valence-electron chi connectivity index (χ3n) is 4.89. The summed E-state index contributed by atoms with van der Waals surface area (Å²) in [6, 6.07) is 10.1. The van der Waals surface area contributed by atoms with Crippen molar-refractivity contribution in [1.82, 2.24) is 20.8 Å². The van der Waals surface area contributed by atoms with Crippen molar-refractivity contribution in [3.05, 3.63) is 53.9 Å². The molecule has 1 aliphatic heterocycles. The van der Waals surface area contributed by atoms with Gasteiger partial charge in [-0.2, -0.15) is 0 Å². The second-order valence-electron chi connectivity index (χ2n) is 7.41. The van der Waals surface area contributed by atoms with Crippen LogP contribution in [0, 0.1) is 13.8 Å². The van der Waals surface area contributed by atoms with Crippen LogP contribution in [-0.2, 0) is 14.4 Å². The molecule has 0 atom stereocenters. The van der Waals surface area contributed by atoms with Crippen molar-refractivity contribution in [3.63, 3.8) is 0 Å². The summed E-state index contributed by atoms with van der Waals surface area (Å²) in [5.74, 6) is -1.99. The Morgan fingerprint density at radius 2 is 1.59 bits per heavy atom. The molecule has 1 saturated heterocycles. The van der Waals surface area contributed by atoms with Crippen molar-refractivity contribution in [2.45, 2.75) is 25.9 Å². The number of aryl methyl sites for hydroxylation is 2. The number of barbiturate groups is 1. The fraction of sp³-hybridized carbons (Fsp3) is 0.182. The van der Waals surface area contributed by atoms with E-state index in [0.29, 0.717) is 23.3 Å². The van der Waals surface area contributed by atoms with Gasteiger partial charge in [-0.15, -0.1) is 10.2 Å². The number of aliphatic carboxylic acids is 1. The first-order valence-corrected chi connectivity index (χ1v) is 9.93. The minimum absolute atomic E-state index is 0.0199. The summed E-state index contributed by atoms with van der Waals surface area (Å²) in [5, 5.41) is 20.7. The summed E-state index contributed by atoms with van der Waals surface area (Å²) in [5.41, 5.74) is -0.828. The average Bonchev–Trinajstić information content (AvgIpc) is 3.19. The van der Waals surface area contributed by atoms with E-state index in [4.69, 9.17) is 13.9 Å². The lowest BCUT2D eigenvalue weighted by Gasteiger charge is -2.32. The third kappa shape index (κ3) is 4.41. The molecule has 0 unspecified atom stereocenters. The van der Waals surface area contributed by atoms with E-state index in [1.165, 1.54) is 24.3 Å². The number of benzene rings is 2. The molecule has 2 aromatic carbocycles. The Morgan fingerprint density at radius 3 is 2.15 bits per heavy atom. The Bertz CT molecular complexity index is 1280. The maximum Gasteiger partial charge on any atom is 0.328 e. The Labute approximate surface area is 191 Å². The van der Waals surface area contributed by atoms with Crippen molar-refractivity contribution in [1.29, 1.82) is 0 Å². The Morgan fingerprint density at radius 1 is 0.971 bits per heavy atom. The van der Waals surface area contributed by atoms with Crippen molar-refractivity contribution in [3.8, 4) is 28.7 Å². The lowest BCUT2D eigenvalue weighted by molar-refractivity contribution is -0.159. The number of imide groups is 2. The highest BCUT2D eigenvalue weighted by molar-refractivity contribution is 6.23. The smallest absolute Gasteiger partial charge is 0.328 e. The zero-order valence-electron chi connectivity index (χ0n) is 17.9. The van der Waals surface area contributed by atoms with E-state index in [0.717, 1.165) is 11.1 Å². The number of urea groups is 1. The van der Waals surface area contributed by atoms with Crippen molar-refractivity contribution in [2.24, 2.45) is 0 Å². The summed E-state index contributed by atoms with van der Waals surface area (Å²) in [6.07, 6.45) is -0.985. The molecule has 0 spiro atoms. The molecule has 4 amide bonds. The predicted molar refractivity (Wildman–Crippen MR) is 113 cm³/mol. The number of hydrogen-bond acceptors (Lipinski definition) is 9. The van der Waals surface area contributed by atoms with Crippen LogP contribution in [0.25, 0.3) is 11.5 Å². The quantitative estimate of drug-likeness (QED) is 0.438. The van der Waals surface area contributed by atoms with Crippen LogP contribution in [0.5, 0.6) is 17.2 Å². The van der Waals surface area contributed by atoms with Crippen molar-refractivity contribution < 1.29 is 38.2 Å². The van der Waals surface area contributed by atoms with Crippen LogP contribution in [0.1, 0.15) is 17.9 Å². The van der Waals surface area contributed by atoms with Gasteiger partial charge in [0.05, 0.1) is 0 Å². The normalized spacial score (nSPS) is 14.8. The molecule has 3 aromatic rings. The minimum atomic E-state index is -2.44. The van der Waals surface area contributed by atoms with Gasteiger partial charge < -0.3 is 19.0 Å². The third-order valence-corrected chi connectivity index (χ3v) is 4.89. The summed E-state index contributed by atoms with van der Waals surface area (Å²) >= 11 is 0. The number of carbonyl (C=O) groups excluding carboxylic acids is 3. The van der Waals surface area contributed by atoms with Crippen LogP contribution in [0.2, 0.25) is 0 Å². The molecule has 174 valence electrons. The topological polar surface area (TPSA) is 170 Å². The van der Waals surface area contributed by atoms with Gasteiger partial charge in [-0.05, 0) is 55.0 Å². The Balaban J connectivity index is 1.51. The number of carbonyl (C=O) groups is 4. The first kappa shape index (κ1) is 22.5. The van der Waals surface area contributed by atoms with Crippen LogP contribution in [0.15, 0.2) is 46.9 Å². The van der Waals surface area contributed by atoms with Gasteiger partial charge in [0.2, 0.25) is 11.8 Å². The van der Waals surface area contributed by atoms with Gasteiger partial charge in [-0.25, -0.2) is 4.79 Å². The maximum atomic E-state index is 12.3. The number of amides is 4. The number of nitrogens with one attached hydrogen (secondary N) is 2. The molecule has 2 heterocycles. The zero-order valence-corrected chi connectivity index (χ0v) is 17.9. The summed E-state index contributed by atoms with van der Waals surface area (Å²) in [6.45, 7) is 3.57. The van der Waals surface area contributed by atoms with Crippen LogP contribution in [-0.4, -0.2) is 44.7 Å². The summed E-state index contributed by atoms with van der Waals surface area (Å²) in [7, 11) is 0. The summed E-state index contributed by atoms with van der Waals surface area (Å²) in [4.78, 5) is 47.3. The van der Waals surface area contributed by atoms with Crippen LogP contribution in [0.4, 0.5) is 4.79 Å². The fourth-order valence-electron chi connectivity index (χ4n) is 3.30. The average molecular weight is 466 g/mol. The largest absolute Gasteiger partial charge is 0.481 e. The number of aromatic nitrogens is 2. The monoisotopic (exact) mass is 466 g/mol. The van der Waals surface area contributed by atoms with Gasteiger partial charge in [0.15, 0.2) is 0 Å². The molecular formula is C22H18N4O8. The molecule has 3 N–H and O–H groups in total. The van der Waals surface area contributed by atoms with E-state index in [2.05, 4.69) is 10.2 Å². The van der Waals surface area contributed by atoms with E-state index >= 15 is 0 Å². The number of ether oxygens (including phenoxy) is 2. The SMILES string of the molecule is Cc1nnc(-c2ccc(Oc3ccc(OC4(CC(=O)O)C(=O)NC(=O)NC4=O)cc3)cc2C)o1. The van der Waals surface area contributed by atoms with Gasteiger partial charge in [-0.3, -0.25) is 25.0 Å². The second kappa shape index (κ2) is 8.65. The first-order chi connectivity index (χ1) is 16.2. The summed E-state index contributed by atoms with van der Waals surface area (Å²) < 4.78 is 16.8. The molecule has 12 heteroatoms. The van der Waals surface area contributed by atoms with E-state index in [1.54, 1.807) is 25.1 Å². The maximum absolute atomic E-state index is 12.3. The highest BCUT2D eigenvalue weighted by Gasteiger charge is 2.54. The molecule has 4 rings (SSSR count). The number of carboxylic acid groups (broad SMARTS) is 1. The molecule has 12 nitrogen and oxygen atoms in total. The zero-order chi connectivity index (χ0) is 24.5. The van der Waals surface area contributed by atoms with Gasteiger partial charge in [0, 0.05) is 12.5 Å². The Hall–Kier alpha value is -4.74.